The van der Waals surface area contributed by atoms with E-state index in [1.807, 2.05) is 13.0 Å². The van der Waals surface area contributed by atoms with Gasteiger partial charge in [0.05, 0.1) is 11.9 Å². The summed E-state index contributed by atoms with van der Waals surface area (Å²) in [5, 5.41) is 3.91. The van der Waals surface area contributed by atoms with Crippen LogP contribution in [0.1, 0.15) is 55.7 Å². The van der Waals surface area contributed by atoms with Gasteiger partial charge in [0.1, 0.15) is 12.6 Å². The third kappa shape index (κ3) is 7.39. The molecule has 0 spiro atoms. The Morgan fingerprint density at radius 1 is 1.08 bits per heavy atom. The molecule has 0 aromatic heterocycles. The van der Waals surface area contributed by atoms with Gasteiger partial charge in [-0.1, -0.05) is 67.2 Å². The number of amides is 2. The molecule has 37 heavy (non-hydrogen) atoms. The van der Waals surface area contributed by atoms with E-state index in [4.69, 9.17) is 23.2 Å². The zero-order valence-electron chi connectivity index (χ0n) is 21.8. The maximum atomic E-state index is 13.9. The molecule has 1 fully saturated rings. The van der Waals surface area contributed by atoms with Crippen LogP contribution in [0.2, 0.25) is 10.0 Å². The summed E-state index contributed by atoms with van der Waals surface area (Å²) in [5.41, 5.74) is 2.55. The summed E-state index contributed by atoms with van der Waals surface area (Å²) < 4.78 is 26.9. The fourth-order valence-corrected chi connectivity index (χ4v) is 6.33. The highest BCUT2D eigenvalue weighted by atomic mass is 35.5. The van der Waals surface area contributed by atoms with E-state index >= 15 is 0 Å². The Kier molecular flexibility index (Phi) is 9.89. The van der Waals surface area contributed by atoms with E-state index in [9.17, 15) is 18.0 Å². The van der Waals surface area contributed by atoms with Crippen molar-refractivity contribution in [3.8, 4) is 0 Å². The van der Waals surface area contributed by atoms with Crippen molar-refractivity contribution >= 4 is 50.7 Å². The number of nitrogens with zero attached hydrogens (tertiary/aromatic N) is 2. The largest absolute Gasteiger partial charge is 0.352 e. The van der Waals surface area contributed by atoms with Gasteiger partial charge in [0.25, 0.3) is 0 Å². The molecule has 0 unspecified atom stereocenters. The number of hydrogen-bond donors (Lipinski definition) is 1. The zero-order valence-corrected chi connectivity index (χ0v) is 24.1. The number of sulfonamides is 1. The normalized spacial score (nSPS) is 14.9. The van der Waals surface area contributed by atoms with Crippen LogP contribution >= 0.6 is 23.2 Å². The van der Waals surface area contributed by atoms with E-state index in [0.29, 0.717) is 27.7 Å². The van der Waals surface area contributed by atoms with E-state index in [2.05, 4.69) is 5.32 Å². The van der Waals surface area contributed by atoms with Crippen LogP contribution in [0.4, 0.5) is 5.69 Å². The first kappa shape index (κ1) is 29.3. The summed E-state index contributed by atoms with van der Waals surface area (Å²) in [6, 6.07) is 9.71. The summed E-state index contributed by atoms with van der Waals surface area (Å²) in [7, 11) is -3.81. The Labute approximate surface area is 230 Å². The Morgan fingerprint density at radius 3 is 2.24 bits per heavy atom. The molecular weight excluding hydrogens is 533 g/mol. The maximum Gasteiger partial charge on any atom is 0.244 e. The number of rotatable bonds is 10. The quantitative estimate of drug-likeness (QED) is 0.425. The molecule has 1 saturated carbocycles. The van der Waals surface area contributed by atoms with Crippen molar-refractivity contribution in [1.82, 2.24) is 10.2 Å². The van der Waals surface area contributed by atoms with Gasteiger partial charge in [-0.05, 0) is 61.9 Å². The Bertz CT molecular complexity index is 1230. The SMILES string of the molecule is CC[C@H](C(=O)NC1CCCC1)N(Cc1ccc(Cl)cc1Cl)C(=O)CN(c1c(C)cccc1C)S(C)(=O)=O. The third-order valence-electron chi connectivity index (χ3n) is 6.81. The number of aryl methyl sites for hydroxylation is 2. The van der Waals surface area contributed by atoms with Crippen molar-refractivity contribution in [3.05, 3.63) is 63.1 Å². The molecule has 0 aliphatic heterocycles. The predicted octanol–water partition coefficient (Wildman–Crippen LogP) is 5.24. The van der Waals surface area contributed by atoms with Gasteiger partial charge in [0.2, 0.25) is 21.8 Å². The van der Waals surface area contributed by atoms with E-state index in [1.165, 1.54) is 4.90 Å². The molecule has 1 atom stereocenters. The van der Waals surface area contributed by atoms with Crippen LogP contribution in [0.15, 0.2) is 36.4 Å². The Hall–Kier alpha value is -2.29. The second-order valence-electron chi connectivity index (χ2n) is 9.68. The number of carbonyl (C=O) groups excluding carboxylic acids is 2. The molecule has 2 amide bonds. The maximum absolute atomic E-state index is 13.9. The molecule has 1 aliphatic rings. The topological polar surface area (TPSA) is 86.8 Å². The van der Waals surface area contributed by atoms with Gasteiger partial charge in [-0.2, -0.15) is 0 Å². The third-order valence-corrected chi connectivity index (χ3v) is 8.51. The average molecular weight is 569 g/mol. The fourth-order valence-electron chi connectivity index (χ4n) is 4.90. The fraction of sp³-hybridized carbons (Fsp3) is 0.481. The number of halogens is 2. The molecule has 202 valence electrons. The molecule has 1 aliphatic carbocycles. The van der Waals surface area contributed by atoms with Gasteiger partial charge >= 0.3 is 0 Å². The summed E-state index contributed by atoms with van der Waals surface area (Å²) in [5.74, 6) is -0.738. The van der Waals surface area contributed by atoms with Gasteiger partial charge in [0.15, 0.2) is 0 Å². The van der Waals surface area contributed by atoms with E-state index in [1.54, 1.807) is 44.2 Å². The highest BCUT2D eigenvalue weighted by molar-refractivity contribution is 7.92. The lowest BCUT2D eigenvalue weighted by atomic mass is 10.1. The van der Waals surface area contributed by atoms with Crippen molar-refractivity contribution < 1.29 is 18.0 Å². The Balaban J connectivity index is 1.99. The van der Waals surface area contributed by atoms with Gasteiger partial charge in [-0.3, -0.25) is 13.9 Å². The number of benzene rings is 2. The first-order chi connectivity index (χ1) is 17.4. The highest BCUT2D eigenvalue weighted by Crippen LogP contribution is 2.28. The van der Waals surface area contributed by atoms with Crippen molar-refractivity contribution in [3.63, 3.8) is 0 Å². The molecule has 7 nitrogen and oxygen atoms in total. The minimum absolute atomic E-state index is 0.0375. The summed E-state index contributed by atoms with van der Waals surface area (Å²) in [4.78, 5) is 28.7. The number of hydrogen-bond acceptors (Lipinski definition) is 4. The number of para-hydroxylation sites is 1. The van der Waals surface area contributed by atoms with Gasteiger partial charge in [-0.25, -0.2) is 8.42 Å². The molecular formula is C27H35Cl2N3O4S. The van der Waals surface area contributed by atoms with E-state index in [0.717, 1.165) is 47.4 Å². The number of nitrogens with one attached hydrogen (secondary N) is 1. The summed E-state index contributed by atoms with van der Waals surface area (Å²) in [6.45, 7) is 5.04. The average Bonchev–Trinajstić information content (AvgIpc) is 3.31. The predicted molar refractivity (Wildman–Crippen MR) is 150 cm³/mol. The first-order valence-corrected chi connectivity index (χ1v) is 15.1. The molecule has 0 bridgehead atoms. The molecule has 0 saturated heterocycles. The monoisotopic (exact) mass is 567 g/mol. The van der Waals surface area contributed by atoms with Crippen LogP contribution in [0.25, 0.3) is 0 Å². The molecule has 3 rings (SSSR count). The molecule has 2 aromatic rings. The van der Waals surface area contributed by atoms with Crippen LogP contribution in [0, 0.1) is 13.8 Å². The summed E-state index contributed by atoms with van der Waals surface area (Å²) in [6.07, 6.45) is 5.38. The lowest BCUT2D eigenvalue weighted by Gasteiger charge is -2.34. The van der Waals surface area contributed by atoms with Crippen LogP contribution in [-0.4, -0.2) is 50.0 Å². The van der Waals surface area contributed by atoms with Crippen molar-refractivity contribution in [2.24, 2.45) is 0 Å². The first-order valence-electron chi connectivity index (χ1n) is 12.5. The number of anilines is 1. The highest BCUT2D eigenvalue weighted by Gasteiger charge is 2.34. The van der Waals surface area contributed by atoms with Crippen LogP contribution in [0.5, 0.6) is 0 Å². The van der Waals surface area contributed by atoms with Crippen LogP contribution < -0.4 is 9.62 Å². The zero-order chi connectivity index (χ0) is 27.3. The lowest BCUT2D eigenvalue weighted by molar-refractivity contribution is -0.140. The van der Waals surface area contributed by atoms with Crippen molar-refractivity contribution in [2.75, 3.05) is 17.1 Å². The smallest absolute Gasteiger partial charge is 0.244 e. The Morgan fingerprint density at radius 2 is 1.70 bits per heavy atom. The molecule has 1 N–H and O–H groups in total. The minimum atomic E-state index is -3.81. The number of carbonyl (C=O) groups is 2. The second kappa shape index (κ2) is 12.5. The minimum Gasteiger partial charge on any atom is -0.352 e. The standard InChI is InChI=1S/C27H35Cl2N3O4S/c1-5-24(27(34)30-22-11-6-7-12-22)31(16-20-13-14-21(28)15-23(20)29)25(33)17-32(37(4,35)36)26-18(2)9-8-10-19(26)3/h8-10,13-15,22,24H,5-7,11-12,16-17H2,1-4H3,(H,30,34)/t24-/m1/s1. The molecule has 2 aromatic carbocycles. The van der Waals surface area contributed by atoms with Crippen LogP contribution in [-0.2, 0) is 26.2 Å². The van der Waals surface area contributed by atoms with Crippen molar-refractivity contribution in [2.45, 2.75) is 71.5 Å². The molecule has 0 radical (unpaired) electrons. The second-order valence-corrected chi connectivity index (χ2v) is 12.4. The summed E-state index contributed by atoms with van der Waals surface area (Å²) >= 11 is 12.5. The van der Waals surface area contributed by atoms with Crippen LogP contribution in [0.3, 0.4) is 0 Å². The van der Waals surface area contributed by atoms with E-state index in [-0.39, 0.29) is 18.5 Å². The van der Waals surface area contributed by atoms with Gasteiger partial charge in [-0.15, -0.1) is 0 Å². The van der Waals surface area contributed by atoms with Crippen molar-refractivity contribution in [1.29, 1.82) is 0 Å². The van der Waals surface area contributed by atoms with Gasteiger partial charge < -0.3 is 10.2 Å². The van der Waals surface area contributed by atoms with Gasteiger partial charge in [0, 0.05) is 22.6 Å². The molecule has 10 heteroatoms. The lowest BCUT2D eigenvalue weighted by Crippen LogP contribution is -2.53. The van der Waals surface area contributed by atoms with E-state index < -0.39 is 28.5 Å². The molecule has 0 heterocycles.